The van der Waals surface area contributed by atoms with Gasteiger partial charge in [-0.1, -0.05) is 12.1 Å². The van der Waals surface area contributed by atoms with E-state index in [0.717, 1.165) is 42.0 Å². The molecule has 0 aromatic heterocycles. The maximum Gasteiger partial charge on any atom is 0.238 e. The Kier molecular flexibility index (Phi) is 4.99. The molecule has 0 unspecified atom stereocenters. The van der Waals surface area contributed by atoms with Gasteiger partial charge in [-0.05, 0) is 61.7 Å². The minimum absolute atomic E-state index is 0.148. The summed E-state index contributed by atoms with van der Waals surface area (Å²) in [6.45, 7) is 4.00. The summed E-state index contributed by atoms with van der Waals surface area (Å²) in [6.07, 6.45) is 2.00. The third kappa shape index (κ3) is 3.90. The molecule has 2 aromatic carbocycles. The highest BCUT2D eigenvalue weighted by molar-refractivity contribution is 5.92. The van der Waals surface area contributed by atoms with E-state index >= 15 is 0 Å². The fraction of sp³-hybridized carbons (Fsp3) is 0.381. The maximum atomic E-state index is 14.0. The van der Waals surface area contributed by atoms with Crippen LogP contribution in [0.4, 0.5) is 10.1 Å². The van der Waals surface area contributed by atoms with Gasteiger partial charge in [-0.2, -0.15) is 0 Å². The molecule has 1 saturated heterocycles. The summed E-state index contributed by atoms with van der Waals surface area (Å²) in [6, 6.07) is 10.9. The lowest BCUT2D eigenvalue weighted by Crippen LogP contribution is -2.33. The minimum atomic E-state index is -0.409. The fourth-order valence-electron chi connectivity index (χ4n) is 3.76. The van der Waals surface area contributed by atoms with Crippen molar-refractivity contribution in [1.82, 2.24) is 4.90 Å². The smallest absolute Gasteiger partial charge is 0.238 e. The molecule has 0 spiro atoms. The van der Waals surface area contributed by atoms with Crippen molar-refractivity contribution in [1.29, 1.82) is 0 Å². The Morgan fingerprint density at radius 1 is 1.19 bits per heavy atom. The monoisotopic (exact) mass is 370 g/mol. The molecule has 2 aromatic rings. The molecule has 1 atom stereocenters. The van der Waals surface area contributed by atoms with Crippen molar-refractivity contribution < 1.29 is 18.7 Å². The van der Waals surface area contributed by atoms with Gasteiger partial charge in [0.15, 0.2) is 11.5 Å². The number of halogens is 1. The van der Waals surface area contributed by atoms with Crippen molar-refractivity contribution in [3.05, 3.63) is 53.3 Å². The van der Waals surface area contributed by atoms with Crippen LogP contribution in [0, 0.1) is 12.7 Å². The second-order valence-electron chi connectivity index (χ2n) is 7.06. The molecule has 5 nitrogen and oxygen atoms in total. The molecule has 0 radical (unpaired) electrons. The first kappa shape index (κ1) is 17.8. The van der Waals surface area contributed by atoms with Crippen LogP contribution in [0.2, 0.25) is 0 Å². The third-order valence-corrected chi connectivity index (χ3v) is 5.06. The number of fused-ring (bicyclic) bond motifs is 1. The summed E-state index contributed by atoms with van der Waals surface area (Å²) in [5.74, 6) is 0.911. The van der Waals surface area contributed by atoms with Gasteiger partial charge in [-0.25, -0.2) is 4.39 Å². The number of rotatable bonds is 4. The van der Waals surface area contributed by atoms with Crippen LogP contribution in [0.15, 0.2) is 36.4 Å². The summed E-state index contributed by atoms with van der Waals surface area (Å²) in [5.41, 5.74) is 2.16. The molecular formula is C21H23FN2O3. The topological polar surface area (TPSA) is 50.8 Å². The van der Waals surface area contributed by atoms with Crippen LogP contribution in [0.3, 0.4) is 0 Å². The predicted molar refractivity (Wildman–Crippen MR) is 101 cm³/mol. The summed E-state index contributed by atoms with van der Waals surface area (Å²) in [7, 11) is 0. The van der Waals surface area contributed by atoms with Crippen molar-refractivity contribution in [2.45, 2.75) is 25.8 Å². The average Bonchev–Trinajstić information content (AvgIpc) is 3.11. The van der Waals surface area contributed by atoms with Gasteiger partial charge in [0.1, 0.15) is 19.0 Å². The highest BCUT2D eigenvalue weighted by Gasteiger charge is 2.29. The molecule has 0 aliphatic carbocycles. The van der Waals surface area contributed by atoms with E-state index in [-0.39, 0.29) is 24.2 Å². The number of carbonyl (C=O) groups excluding carboxylic acids is 1. The number of carbonyl (C=O) groups is 1. The van der Waals surface area contributed by atoms with Crippen LogP contribution < -0.4 is 14.8 Å². The van der Waals surface area contributed by atoms with Crippen LogP contribution in [-0.4, -0.2) is 37.1 Å². The quantitative estimate of drug-likeness (QED) is 0.892. The van der Waals surface area contributed by atoms with Gasteiger partial charge in [0, 0.05) is 6.04 Å². The van der Waals surface area contributed by atoms with Gasteiger partial charge < -0.3 is 14.8 Å². The number of nitrogens with zero attached hydrogens (tertiary/aromatic N) is 1. The van der Waals surface area contributed by atoms with E-state index in [9.17, 15) is 9.18 Å². The normalized spacial score (nSPS) is 19.1. The van der Waals surface area contributed by atoms with Crippen molar-refractivity contribution in [3.8, 4) is 11.5 Å². The van der Waals surface area contributed by atoms with Gasteiger partial charge >= 0.3 is 0 Å². The lowest BCUT2D eigenvalue weighted by atomic mass is 10.0. The largest absolute Gasteiger partial charge is 0.486 e. The third-order valence-electron chi connectivity index (χ3n) is 5.06. The molecular weight excluding hydrogens is 347 g/mol. The fourth-order valence-corrected chi connectivity index (χ4v) is 3.76. The molecule has 1 N–H and O–H groups in total. The zero-order valence-electron chi connectivity index (χ0n) is 15.3. The number of ether oxygens (including phenoxy) is 2. The number of likely N-dealkylation sites (tertiary alicyclic amines) is 1. The SMILES string of the molecule is Cc1ccc(NC(=O)CN2CCC[C@@H]2c2ccc3c(c2)OCCO3)c(F)c1. The van der Waals surface area contributed by atoms with Crippen LogP contribution in [0.25, 0.3) is 0 Å². The molecule has 27 heavy (non-hydrogen) atoms. The Morgan fingerprint density at radius 3 is 2.81 bits per heavy atom. The second-order valence-corrected chi connectivity index (χ2v) is 7.06. The van der Waals surface area contributed by atoms with Gasteiger partial charge in [0.2, 0.25) is 5.91 Å². The number of aryl methyl sites for hydroxylation is 1. The Bertz CT molecular complexity index is 855. The van der Waals surface area contributed by atoms with Gasteiger partial charge in [-0.3, -0.25) is 9.69 Å². The zero-order chi connectivity index (χ0) is 18.8. The molecule has 142 valence electrons. The highest BCUT2D eigenvalue weighted by Crippen LogP contribution is 2.37. The standard InChI is InChI=1S/C21H23FN2O3/c1-14-4-6-17(16(22)11-14)23-21(25)13-24-8-2-3-18(24)15-5-7-19-20(12-15)27-10-9-26-19/h4-7,11-12,18H,2-3,8-10,13H2,1H3,(H,23,25)/t18-/m1/s1. The Hall–Kier alpha value is -2.60. The number of amides is 1. The summed E-state index contributed by atoms with van der Waals surface area (Å²) < 4.78 is 25.2. The van der Waals surface area contributed by atoms with E-state index in [1.54, 1.807) is 12.1 Å². The first-order valence-electron chi connectivity index (χ1n) is 9.30. The molecule has 0 bridgehead atoms. The molecule has 2 aliphatic heterocycles. The van der Waals surface area contributed by atoms with Crippen LogP contribution >= 0.6 is 0 Å². The second kappa shape index (κ2) is 7.56. The van der Waals surface area contributed by atoms with E-state index in [1.165, 1.54) is 6.07 Å². The van der Waals surface area contributed by atoms with Gasteiger partial charge in [0.25, 0.3) is 0 Å². The number of nitrogens with one attached hydrogen (secondary N) is 1. The number of hydrogen-bond acceptors (Lipinski definition) is 4. The van der Waals surface area contributed by atoms with E-state index in [4.69, 9.17) is 9.47 Å². The molecule has 0 saturated carbocycles. The predicted octanol–water partition coefficient (Wildman–Crippen LogP) is 3.68. The van der Waals surface area contributed by atoms with Gasteiger partial charge in [-0.15, -0.1) is 0 Å². The molecule has 1 amide bonds. The van der Waals surface area contributed by atoms with Crippen molar-refractivity contribution in [3.63, 3.8) is 0 Å². The number of hydrogen-bond donors (Lipinski definition) is 1. The first-order valence-corrected chi connectivity index (χ1v) is 9.30. The highest BCUT2D eigenvalue weighted by atomic mass is 19.1. The number of benzene rings is 2. The Balaban J connectivity index is 1.44. The summed E-state index contributed by atoms with van der Waals surface area (Å²) >= 11 is 0. The molecule has 2 heterocycles. The van der Waals surface area contributed by atoms with Crippen molar-refractivity contribution >= 4 is 11.6 Å². The molecule has 1 fully saturated rings. The van der Waals surface area contributed by atoms with E-state index < -0.39 is 5.82 Å². The zero-order valence-corrected chi connectivity index (χ0v) is 15.3. The minimum Gasteiger partial charge on any atom is -0.486 e. The molecule has 2 aliphatic rings. The van der Waals surface area contributed by atoms with Crippen LogP contribution in [0.1, 0.15) is 30.0 Å². The maximum absolute atomic E-state index is 14.0. The van der Waals surface area contributed by atoms with E-state index in [1.807, 2.05) is 25.1 Å². The van der Waals surface area contributed by atoms with Crippen LogP contribution in [0.5, 0.6) is 11.5 Å². The van der Waals surface area contributed by atoms with Gasteiger partial charge in [0.05, 0.1) is 12.2 Å². The lowest BCUT2D eigenvalue weighted by Gasteiger charge is -2.26. The average molecular weight is 370 g/mol. The van der Waals surface area contributed by atoms with Crippen molar-refractivity contribution in [2.75, 3.05) is 31.6 Å². The van der Waals surface area contributed by atoms with E-state index in [0.29, 0.717) is 13.2 Å². The number of anilines is 1. The van der Waals surface area contributed by atoms with Crippen LogP contribution in [-0.2, 0) is 4.79 Å². The lowest BCUT2D eigenvalue weighted by molar-refractivity contribution is -0.117. The Labute approximate surface area is 158 Å². The molecule has 6 heteroatoms. The molecule has 4 rings (SSSR count). The summed E-state index contributed by atoms with van der Waals surface area (Å²) in [4.78, 5) is 14.6. The Morgan fingerprint density at radius 2 is 2.00 bits per heavy atom. The van der Waals surface area contributed by atoms with E-state index in [2.05, 4.69) is 10.2 Å². The summed E-state index contributed by atoms with van der Waals surface area (Å²) in [5, 5.41) is 2.69. The van der Waals surface area contributed by atoms with Crippen molar-refractivity contribution in [2.24, 2.45) is 0 Å². The first-order chi connectivity index (χ1) is 13.1.